The van der Waals surface area contributed by atoms with Gasteiger partial charge < -0.3 is 4.74 Å². The first kappa shape index (κ1) is 16.5. The summed E-state index contributed by atoms with van der Waals surface area (Å²) >= 11 is 0. The van der Waals surface area contributed by atoms with E-state index in [9.17, 15) is 8.42 Å². The van der Waals surface area contributed by atoms with Gasteiger partial charge in [-0.3, -0.25) is 0 Å². The lowest BCUT2D eigenvalue weighted by atomic mass is 10.1. The van der Waals surface area contributed by atoms with E-state index in [-0.39, 0.29) is 11.8 Å². The van der Waals surface area contributed by atoms with Gasteiger partial charge in [-0.25, -0.2) is 13.1 Å². The highest BCUT2D eigenvalue weighted by molar-refractivity contribution is 7.88. The monoisotopic (exact) mass is 319 g/mol. The molecule has 0 heterocycles. The normalized spacial score (nSPS) is 12.9. The molecule has 0 radical (unpaired) electrons. The molecular weight excluding hydrogens is 298 g/mol. The zero-order valence-electron chi connectivity index (χ0n) is 13.0. The second kappa shape index (κ2) is 6.94. The van der Waals surface area contributed by atoms with Gasteiger partial charge in [0.25, 0.3) is 0 Å². The van der Waals surface area contributed by atoms with Crippen LogP contribution in [0.2, 0.25) is 0 Å². The van der Waals surface area contributed by atoms with E-state index in [2.05, 4.69) is 4.72 Å². The van der Waals surface area contributed by atoms with Crippen LogP contribution in [0.5, 0.6) is 5.75 Å². The number of rotatable bonds is 6. The summed E-state index contributed by atoms with van der Waals surface area (Å²) in [4.78, 5) is 0. The van der Waals surface area contributed by atoms with Crippen LogP contribution >= 0.6 is 0 Å². The third-order valence-electron chi connectivity index (χ3n) is 3.58. The zero-order chi connectivity index (χ0) is 16.2. The number of aryl methyl sites for hydroxylation is 1. The Morgan fingerprint density at radius 1 is 1.09 bits per heavy atom. The van der Waals surface area contributed by atoms with E-state index in [1.165, 1.54) is 0 Å². The van der Waals surface area contributed by atoms with E-state index >= 15 is 0 Å². The van der Waals surface area contributed by atoms with Gasteiger partial charge in [0.05, 0.1) is 12.9 Å². The van der Waals surface area contributed by atoms with Crippen molar-refractivity contribution in [3.05, 3.63) is 65.2 Å². The predicted molar refractivity (Wildman–Crippen MR) is 88.3 cm³/mol. The number of hydrogen-bond donors (Lipinski definition) is 1. The van der Waals surface area contributed by atoms with Crippen molar-refractivity contribution < 1.29 is 13.2 Å². The molecule has 0 aliphatic heterocycles. The minimum atomic E-state index is -3.40. The molecule has 0 saturated carbocycles. The molecule has 0 aliphatic rings. The van der Waals surface area contributed by atoms with Crippen LogP contribution in [-0.4, -0.2) is 15.5 Å². The van der Waals surface area contributed by atoms with Crippen LogP contribution in [0.3, 0.4) is 0 Å². The molecule has 0 amide bonds. The summed E-state index contributed by atoms with van der Waals surface area (Å²) in [5.41, 5.74) is 2.69. The summed E-state index contributed by atoms with van der Waals surface area (Å²) in [5, 5.41) is 0. The van der Waals surface area contributed by atoms with Gasteiger partial charge in [-0.05, 0) is 42.7 Å². The molecule has 22 heavy (non-hydrogen) atoms. The van der Waals surface area contributed by atoms with E-state index < -0.39 is 10.0 Å². The highest BCUT2D eigenvalue weighted by atomic mass is 32.2. The van der Waals surface area contributed by atoms with Crippen LogP contribution in [0, 0.1) is 6.92 Å². The van der Waals surface area contributed by atoms with Crippen LogP contribution in [-0.2, 0) is 15.8 Å². The highest BCUT2D eigenvalue weighted by Gasteiger charge is 2.17. The van der Waals surface area contributed by atoms with Crippen molar-refractivity contribution in [3.63, 3.8) is 0 Å². The molecule has 0 aliphatic carbocycles. The Morgan fingerprint density at radius 3 is 2.32 bits per heavy atom. The minimum Gasteiger partial charge on any atom is -0.497 e. The molecule has 2 aromatic rings. The summed E-state index contributed by atoms with van der Waals surface area (Å²) in [7, 11) is -1.80. The van der Waals surface area contributed by atoms with Gasteiger partial charge >= 0.3 is 0 Å². The topological polar surface area (TPSA) is 55.4 Å². The minimum absolute atomic E-state index is 0.0137. The average Bonchev–Trinajstić information content (AvgIpc) is 2.49. The van der Waals surface area contributed by atoms with Crippen LogP contribution in [0.4, 0.5) is 0 Å². The number of sulfonamides is 1. The lowest BCUT2D eigenvalue weighted by Crippen LogP contribution is -2.28. The zero-order valence-corrected chi connectivity index (χ0v) is 13.9. The summed E-state index contributed by atoms with van der Waals surface area (Å²) < 4.78 is 32.5. The maximum absolute atomic E-state index is 12.3. The quantitative estimate of drug-likeness (QED) is 0.889. The maximum atomic E-state index is 12.3. The Bertz CT molecular complexity index is 724. The van der Waals surface area contributed by atoms with Crippen molar-refractivity contribution >= 4 is 10.0 Å². The highest BCUT2D eigenvalue weighted by Crippen LogP contribution is 2.19. The second-order valence-electron chi connectivity index (χ2n) is 5.30. The molecular formula is C17H21NO3S. The molecule has 1 N–H and O–H groups in total. The van der Waals surface area contributed by atoms with Crippen LogP contribution in [0.15, 0.2) is 48.5 Å². The standard InChI is InChI=1S/C17H21NO3S/c1-13-6-4-5-7-16(13)12-22(19,20)18-14(2)15-8-10-17(21-3)11-9-15/h4-11,14,18H,12H2,1-3H3. The van der Waals surface area contributed by atoms with Crippen molar-refractivity contribution in [2.75, 3.05) is 7.11 Å². The van der Waals surface area contributed by atoms with E-state index in [0.717, 1.165) is 22.4 Å². The van der Waals surface area contributed by atoms with Gasteiger partial charge in [0, 0.05) is 6.04 Å². The average molecular weight is 319 g/mol. The molecule has 0 bridgehead atoms. The molecule has 0 fully saturated rings. The van der Waals surface area contributed by atoms with Gasteiger partial charge in [0.1, 0.15) is 5.75 Å². The first-order valence-electron chi connectivity index (χ1n) is 7.10. The molecule has 2 aromatic carbocycles. The lowest BCUT2D eigenvalue weighted by molar-refractivity contribution is 0.414. The third kappa shape index (κ3) is 4.32. The molecule has 2 rings (SSSR count). The van der Waals surface area contributed by atoms with Gasteiger partial charge in [-0.15, -0.1) is 0 Å². The number of hydrogen-bond acceptors (Lipinski definition) is 3. The van der Waals surface area contributed by atoms with Gasteiger partial charge in [-0.2, -0.15) is 0 Å². The molecule has 5 heteroatoms. The van der Waals surface area contributed by atoms with E-state index in [1.54, 1.807) is 7.11 Å². The van der Waals surface area contributed by atoms with Crippen molar-refractivity contribution in [3.8, 4) is 5.75 Å². The third-order valence-corrected chi connectivity index (χ3v) is 4.98. The van der Waals surface area contributed by atoms with Crippen molar-refractivity contribution in [2.45, 2.75) is 25.6 Å². The number of benzene rings is 2. The largest absolute Gasteiger partial charge is 0.497 e. The first-order chi connectivity index (χ1) is 10.4. The predicted octanol–water partition coefficient (Wildman–Crippen LogP) is 3.18. The Morgan fingerprint density at radius 2 is 1.73 bits per heavy atom. The van der Waals surface area contributed by atoms with E-state index in [4.69, 9.17) is 4.74 Å². The molecule has 0 spiro atoms. The van der Waals surface area contributed by atoms with E-state index in [0.29, 0.717) is 0 Å². The van der Waals surface area contributed by atoms with Crippen molar-refractivity contribution in [1.82, 2.24) is 4.72 Å². The fourth-order valence-corrected chi connectivity index (χ4v) is 3.74. The van der Waals surface area contributed by atoms with Crippen LogP contribution in [0.1, 0.15) is 29.7 Å². The summed E-state index contributed by atoms with van der Waals surface area (Å²) in [6.45, 7) is 3.75. The number of nitrogens with one attached hydrogen (secondary N) is 1. The Balaban J connectivity index is 2.09. The number of methoxy groups -OCH3 is 1. The molecule has 1 unspecified atom stereocenters. The molecule has 1 atom stereocenters. The van der Waals surface area contributed by atoms with Crippen LogP contribution in [0.25, 0.3) is 0 Å². The molecule has 118 valence electrons. The molecule has 4 nitrogen and oxygen atoms in total. The van der Waals surface area contributed by atoms with Gasteiger partial charge in [-0.1, -0.05) is 36.4 Å². The molecule has 0 saturated heterocycles. The maximum Gasteiger partial charge on any atom is 0.216 e. The lowest BCUT2D eigenvalue weighted by Gasteiger charge is -2.15. The fraction of sp³-hybridized carbons (Fsp3) is 0.294. The number of ether oxygens (including phenoxy) is 1. The first-order valence-corrected chi connectivity index (χ1v) is 8.75. The summed E-state index contributed by atoms with van der Waals surface area (Å²) in [6, 6.07) is 14.6. The smallest absolute Gasteiger partial charge is 0.216 e. The van der Waals surface area contributed by atoms with Crippen molar-refractivity contribution in [1.29, 1.82) is 0 Å². The van der Waals surface area contributed by atoms with Gasteiger partial charge in [0.15, 0.2) is 0 Å². The van der Waals surface area contributed by atoms with Crippen molar-refractivity contribution in [2.24, 2.45) is 0 Å². The van der Waals surface area contributed by atoms with Crippen LogP contribution < -0.4 is 9.46 Å². The summed E-state index contributed by atoms with van der Waals surface area (Å²) in [6.07, 6.45) is 0. The summed E-state index contributed by atoms with van der Waals surface area (Å²) in [5.74, 6) is 0.735. The second-order valence-corrected chi connectivity index (χ2v) is 7.05. The SMILES string of the molecule is COc1ccc(C(C)NS(=O)(=O)Cc2ccccc2C)cc1. The molecule has 0 aromatic heterocycles. The Hall–Kier alpha value is -1.85. The van der Waals surface area contributed by atoms with E-state index in [1.807, 2.05) is 62.4 Å². The Labute approximate surface area is 132 Å². The van der Waals surface area contributed by atoms with Gasteiger partial charge in [0.2, 0.25) is 10.0 Å². The Kier molecular flexibility index (Phi) is 5.21. The fourth-order valence-electron chi connectivity index (χ4n) is 2.25.